The third-order valence-electron chi connectivity index (χ3n) is 2.42. The minimum atomic E-state index is -1.17. The Labute approximate surface area is 127 Å². The second-order valence-corrected chi connectivity index (χ2v) is 6.09. The molecule has 1 aromatic carbocycles. The van der Waals surface area contributed by atoms with Crippen molar-refractivity contribution in [3.63, 3.8) is 0 Å². The summed E-state index contributed by atoms with van der Waals surface area (Å²) in [5.41, 5.74) is 6.13. The van der Waals surface area contributed by atoms with E-state index in [1.807, 2.05) is 0 Å². The molecule has 0 radical (unpaired) electrons. The van der Waals surface area contributed by atoms with Gasteiger partial charge in [0.15, 0.2) is 0 Å². The monoisotopic (exact) mass is 330 g/mol. The van der Waals surface area contributed by atoms with Crippen molar-refractivity contribution in [2.24, 2.45) is 0 Å². The molecule has 0 aliphatic heterocycles. The molecule has 1 aromatic heterocycles. The van der Waals surface area contributed by atoms with Gasteiger partial charge in [0.1, 0.15) is 4.34 Å². The van der Waals surface area contributed by atoms with Crippen LogP contribution in [0.3, 0.4) is 0 Å². The van der Waals surface area contributed by atoms with Crippen molar-refractivity contribution in [2.45, 2.75) is 0 Å². The fraction of sp³-hybridized carbons (Fsp3) is 0. The van der Waals surface area contributed by atoms with Gasteiger partial charge in [-0.1, -0.05) is 23.2 Å². The number of amides is 1. The van der Waals surface area contributed by atoms with Crippen LogP contribution < -0.4 is 11.1 Å². The average molecular weight is 331 g/mol. The van der Waals surface area contributed by atoms with E-state index in [2.05, 4.69) is 5.32 Å². The Morgan fingerprint density at radius 1 is 1.20 bits per heavy atom. The number of anilines is 2. The summed E-state index contributed by atoms with van der Waals surface area (Å²) in [5.74, 6) is -1.72. The SMILES string of the molecule is Nc1ccc(C(=O)O)c(NC(=O)c2cc(Cl)sc2Cl)c1. The normalized spacial score (nSPS) is 10.3. The molecule has 0 unspecified atom stereocenters. The lowest BCUT2D eigenvalue weighted by atomic mass is 10.1. The van der Waals surface area contributed by atoms with Gasteiger partial charge in [-0.15, -0.1) is 11.3 Å². The van der Waals surface area contributed by atoms with E-state index in [1.165, 1.54) is 24.3 Å². The molecule has 5 nitrogen and oxygen atoms in total. The number of benzene rings is 1. The Balaban J connectivity index is 2.34. The largest absolute Gasteiger partial charge is 0.478 e. The van der Waals surface area contributed by atoms with Gasteiger partial charge in [-0.2, -0.15) is 0 Å². The van der Waals surface area contributed by atoms with Crippen LogP contribution in [-0.4, -0.2) is 17.0 Å². The standard InChI is InChI=1S/C12H8Cl2N2O3S/c13-9-4-7(10(14)20-9)11(17)16-8-3-5(15)1-2-6(8)12(18)19/h1-4H,15H2,(H,16,17)(H,18,19). The van der Waals surface area contributed by atoms with Crippen molar-refractivity contribution < 1.29 is 14.7 Å². The zero-order valence-electron chi connectivity index (χ0n) is 9.81. The van der Waals surface area contributed by atoms with Gasteiger partial charge in [0.2, 0.25) is 0 Å². The molecule has 0 saturated heterocycles. The van der Waals surface area contributed by atoms with E-state index in [9.17, 15) is 9.59 Å². The highest BCUT2D eigenvalue weighted by molar-refractivity contribution is 7.20. The average Bonchev–Trinajstić information content (AvgIpc) is 2.68. The van der Waals surface area contributed by atoms with Crippen LogP contribution in [0.15, 0.2) is 24.3 Å². The van der Waals surface area contributed by atoms with E-state index < -0.39 is 11.9 Å². The third kappa shape index (κ3) is 3.04. The van der Waals surface area contributed by atoms with E-state index in [0.29, 0.717) is 10.0 Å². The molecule has 104 valence electrons. The second kappa shape index (κ2) is 5.70. The molecule has 0 aliphatic rings. The first-order valence-electron chi connectivity index (χ1n) is 5.27. The zero-order valence-corrected chi connectivity index (χ0v) is 12.1. The van der Waals surface area contributed by atoms with E-state index in [4.69, 9.17) is 34.0 Å². The Hall–Kier alpha value is -1.76. The van der Waals surface area contributed by atoms with Crippen LogP contribution in [0.1, 0.15) is 20.7 Å². The van der Waals surface area contributed by atoms with E-state index in [0.717, 1.165) is 11.3 Å². The van der Waals surface area contributed by atoms with Crippen LogP contribution in [0.25, 0.3) is 0 Å². The number of nitrogens with two attached hydrogens (primary N) is 1. The maximum atomic E-state index is 12.1. The summed E-state index contributed by atoms with van der Waals surface area (Å²) in [5, 5.41) is 11.5. The lowest BCUT2D eigenvalue weighted by Gasteiger charge is -2.08. The number of carboxylic acids is 1. The summed E-state index contributed by atoms with van der Waals surface area (Å²) in [6.07, 6.45) is 0. The second-order valence-electron chi connectivity index (χ2n) is 3.80. The molecule has 8 heteroatoms. The summed E-state index contributed by atoms with van der Waals surface area (Å²) in [6, 6.07) is 5.53. The number of nitrogens with one attached hydrogen (secondary N) is 1. The smallest absolute Gasteiger partial charge is 0.337 e. The van der Waals surface area contributed by atoms with Crippen molar-refractivity contribution in [1.82, 2.24) is 0 Å². The van der Waals surface area contributed by atoms with Crippen molar-refractivity contribution >= 4 is 57.8 Å². The maximum Gasteiger partial charge on any atom is 0.337 e. The van der Waals surface area contributed by atoms with Gasteiger partial charge in [0.25, 0.3) is 5.91 Å². The Morgan fingerprint density at radius 2 is 1.90 bits per heavy atom. The topological polar surface area (TPSA) is 92.4 Å². The number of carboxylic acid groups (broad SMARTS) is 1. The number of hydrogen-bond acceptors (Lipinski definition) is 4. The first-order valence-corrected chi connectivity index (χ1v) is 6.84. The highest BCUT2D eigenvalue weighted by atomic mass is 35.5. The highest BCUT2D eigenvalue weighted by Gasteiger charge is 2.17. The van der Waals surface area contributed by atoms with Crippen LogP contribution in [0.4, 0.5) is 11.4 Å². The van der Waals surface area contributed by atoms with E-state index in [-0.39, 0.29) is 21.2 Å². The maximum absolute atomic E-state index is 12.1. The molecule has 1 heterocycles. The lowest BCUT2D eigenvalue weighted by molar-refractivity contribution is 0.0698. The molecule has 0 aliphatic carbocycles. The predicted octanol–water partition coefficient (Wildman–Crippen LogP) is 3.59. The van der Waals surface area contributed by atoms with Gasteiger partial charge in [0.05, 0.1) is 21.2 Å². The third-order valence-corrected chi connectivity index (χ3v) is 3.91. The van der Waals surface area contributed by atoms with E-state index in [1.54, 1.807) is 0 Å². The zero-order chi connectivity index (χ0) is 14.9. The first kappa shape index (κ1) is 14.6. The summed E-state index contributed by atoms with van der Waals surface area (Å²) < 4.78 is 0.597. The summed E-state index contributed by atoms with van der Waals surface area (Å²) in [7, 11) is 0. The fourth-order valence-electron chi connectivity index (χ4n) is 1.54. The number of carbonyl (C=O) groups is 2. The molecule has 0 fully saturated rings. The lowest BCUT2D eigenvalue weighted by Crippen LogP contribution is -2.14. The van der Waals surface area contributed by atoms with Crippen LogP contribution in [0.2, 0.25) is 8.67 Å². The predicted molar refractivity (Wildman–Crippen MR) is 80.1 cm³/mol. The Morgan fingerprint density at radius 3 is 2.45 bits per heavy atom. The summed E-state index contributed by atoms with van der Waals surface area (Å²) in [6.45, 7) is 0. The fourth-order valence-corrected chi connectivity index (χ4v) is 2.99. The highest BCUT2D eigenvalue weighted by Crippen LogP contribution is 2.32. The van der Waals surface area contributed by atoms with Gasteiger partial charge in [-0.05, 0) is 24.3 Å². The Bertz CT molecular complexity index is 700. The summed E-state index contributed by atoms with van der Waals surface area (Å²) >= 11 is 12.7. The van der Waals surface area contributed by atoms with Gasteiger partial charge < -0.3 is 16.2 Å². The van der Waals surface area contributed by atoms with Crippen molar-refractivity contribution in [2.75, 3.05) is 11.1 Å². The number of hydrogen-bond donors (Lipinski definition) is 3. The Kier molecular flexibility index (Phi) is 4.17. The number of rotatable bonds is 3. The molecule has 0 bridgehead atoms. The molecule has 4 N–H and O–H groups in total. The molecular weight excluding hydrogens is 323 g/mol. The van der Waals surface area contributed by atoms with Crippen molar-refractivity contribution in [1.29, 1.82) is 0 Å². The molecule has 2 rings (SSSR count). The molecule has 2 aromatic rings. The number of thiophene rings is 1. The first-order chi connectivity index (χ1) is 9.38. The minimum absolute atomic E-state index is 0.0648. The number of aromatic carboxylic acids is 1. The molecular formula is C12H8Cl2N2O3S. The van der Waals surface area contributed by atoms with Gasteiger partial charge in [-0.3, -0.25) is 4.79 Å². The molecule has 0 saturated carbocycles. The van der Waals surface area contributed by atoms with E-state index >= 15 is 0 Å². The van der Waals surface area contributed by atoms with Gasteiger partial charge in [-0.25, -0.2) is 4.79 Å². The van der Waals surface area contributed by atoms with Crippen LogP contribution >= 0.6 is 34.5 Å². The summed E-state index contributed by atoms with van der Waals surface area (Å²) in [4.78, 5) is 23.1. The van der Waals surface area contributed by atoms with Crippen LogP contribution in [0.5, 0.6) is 0 Å². The van der Waals surface area contributed by atoms with Crippen molar-refractivity contribution in [3.8, 4) is 0 Å². The van der Waals surface area contributed by atoms with Crippen LogP contribution in [-0.2, 0) is 0 Å². The molecule has 0 spiro atoms. The minimum Gasteiger partial charge on any atom is -0.478 e. The molecule has 0 atom stereocenters. The quantitative estimate of drug-likeness (QED) is 0.750. The number of nitrogen functional groups attached to an aromatic ring is 1. The van der Waals surface area contributed by atoms with Gasteiger partial charge in [0, 0.05) is 5.69 Å². The van der Waals surface area contributed by atoms with Crippen LogP contribution in [0, 0.1) is 0 Å². The number of carbonyl (C=O) groups excluding carboxylic acids is 1. The van der Waals surface area contributed by atoms with Crippen molar-refractivity contribution in [3.05, 3.63) is 44.1 Å². The molecule has 20 heavy (non-hydrogen) atoms. The number of halogens is 2. The molecule has 1 amide bonds. The van der Waals surface area contributed by atoms with Gasteiger partial charge >= 0.3 is 5.97 Å².